The second-order valence-electron chi connectivity index (χ2n) is 5.16. The van der Waals surface area contributed by atoms with Crippen LogP contribution in [0.3, 0.4) is 0 Å². The van der Waals surface area contributed by atoms with Gasteiger partial charge in [-0.1, -0.05) is 19.8 Å². The summed E-state index contributed by atoms with van der Waals surface area (Å²) < 4.78 is 0. The van der Waals surface area contributed by atoms with Crippen molar-refractivity contribution in [2.45, 2.75) is 32.6 Å². The minimum Gasteiger partial charge on any atom is -0.370 e. The van der Waals surface area contributed by atoms with Crippen molar-refractivity contribution in [3.63, 3.8) is 0 Å². The largest absolute Gasteiger partial charge is 0.370 e. The normalized spacial score (nSPS) is 23.6. The van der Waals surface area contributed by atoms with E-state index in [2.05, 4.69) is 17.2 Å². The lowest BCUT2D eigenvalue weighted by molar-refractivity contribution is -0.384. The minimum atomic E-state index is -0.394. The van der Waals surface area contributed by atoms with Crippen LogP contribution in [0.5, 0.6) is 0 Å². The van der Waals surface area contributed by atoms with Gasteiger partial charge in [0.25, 0.3) is 5.69 Å². The molecule has 0 radical (unpaired) electrons. The third-order valence-electron chi connectivity index (χ3n) is 3.66. The maximum Gasteiger partial charge on any atom is 0.274 e. The van der Waals surface area contributed by atoms with Crippen LogP contribution in [0, 0.1) is 22.0 Å². The van der Waals surface area contributed by atoms with Crippen LogP contribution in [0.15, 0.2) is 18.3 Å². The highest BCUT2D eigenvalue weighted by molar-refractivity contribution is 5.44. The van der Waals surface area contributed by atoms with E-state index in [0.717, 1.165) is 12.5 Å². The van der Waals surface area contributed by atoms with Gasteiger partial charge >= 0.3 is 0 Å². The van der Waals surface area contributed by atoms with Gasteiger partial charge in [0.05, 0.1) is 11.0 Å². The first-order valence-electron chi connectivity index (χ1n) is 6.49. The Balaban J connectivity index is 1.86. The molecule has 0 saturated heterocycles. The van der Waals surface area contributed by atoms with Gasteiger partial charge in [0.2, 0.25) is 0 Å². The van der Waals surface area contributed by atoms with Crippen molar-refractivity contribution in [2.24, 2.45) is 11.8 Å². The average Bonchev–Trinajstić information content (AvgIpc) is 2.38. The van der Waals surface area contributed by atoms with E-state index in [-0.39, 0.29) is 5.69 Å². The SMILES string of the molecule is CC1CCC(CNc2cc([N+](=O)[O-])ccn2)CC1. The van der Waals surface area contributed by atoms with Crippen LogP contribution in [-0.4, -0.2) is 16.5 Å². The molecule has 1 saturated carbocycles. The third kappa shape index (κ3) is 3.42. The molecular weight excluding hydrogens is 230 g/mol. The molecule has 0 aromatic carbocycles. The molecule has 1 aliphatic rings. The number of nitrogens with one attached hydrogen (secondary N) is 1. The van der Waals surface area contributed by atoms with E-state index in [1.807, 2.05) is 0 Å². The summed E-state index contributed by atoms with van der Waals surface area (Å²) in [4.78, 5) is 14.4. The lowest BCUT2D eigenvalue weighted by Crippen LogP contribution is -2.20. The standard InChI is InChI=1S/C13H19N3O2/c1-10-2-4-11(5-3-10)9-15-13-8-12(16(17)18)6-7-14-13/h6-8,10-11H,2-5,9H2,1H3,(H,14,15). The first kappa shape index (κ1) is 12.8. The fourth-order valence-corrected chi connectivity index (χ4v) is 2.41. The summed E-state index contributed by atoms with van der Waals surface area (Å²) >= 11 is 0. The molecule has 0 atom stereocenters. The van der Waals surface area contributed by atoms with Crippen LogP contribution in [0.1, 0.15) is 32.6 Å². The Hall–Kier alpha value is -1.65. The average molecular weight is 249 g/mol. The van der Waals surface area contributed by atoms with Gasteiger partial charge in [0.1, 0.15) is 5.82 Å². The smallest absolute Gasteiger partial charge is 0.274 e. The summed E-state index contributed by atoms with van der Waals surface area (Å²) in [5.74, 6) is 2.11. The maximum atomic E-state index is 10.6. The first-order valence-corrected chi connectivity index (χ1v) is 6.49. The Morgan fingerprint density at radius 1 is 1.44 bits per heavy atom. The van der Waals surface area contributed by atoms with Gasteiger partial charge in [-0.2, -0.15) is 0 Å². The number of hydrogen-bond acceptors (Lipinski definition) is 4. The number of nitrogens with zero attached hydrogens (tertiary/aromatic N) is 2. The molecule has 0 spiro atoms. The molecule has 0 amide bonds. The Labute approximate surface area is 107 Å². The maximum absolute atomic E-state index is 10.6. The lowest BCUT2D eigenvalue weighted by Gasteiger charge is -2.26. The number of rotatable bonds is 4. The Kier molecular flexibility index (Phi) is 4.12. The van der Waals surface area contributed by atoms with Crippen LogP contribution < -0.4 is 5.32 Å². The summed E-state index contributed by atoms with van der Waals surface area (Å²) in [6.45, 7) is 3.16. The topological polar surface area (TPSA) is 68.1 Å². The summed E-state index contributed by atoms with van der Waals surface area (Å²) in [7, 11) is 0. The van der Waals surface area contributed by atoms with E-state index in [1.165, 1.54) is 44.0 Å². The third-order valence-corrected chi connectivity index (χ3v) is 3.66. The predicted molar refractivity (Wildman–Crippen MR) is 70.5 cm³/mol. The van der Waals surface area contributed by atoms with Crippen LogP contribution >= 0.6 is 0 Å². The highest BCUT2D eigenvalue weighted by atomic mass is 16.6. The molecule has 18 heavy (non-hydrogen) atoms. The number of aromatic nitrogens is 1. The number of hydrogen-bond donors (Lipinski definition) is 1. The van der Waals surface area contributed by atoms with Crippen LogP contribution in [-0.2, 0) is 0 Å². The second-order valence-corrected chi connectivity index (χ2v) is 5.16. The van der Waals surface area contributed by atoms with Crippen LogP contribution in [0.4, 0.5) is 11.5 Å². The van der Waals surface area contributed by atoms with Gasteiger partial charge in [-0.3, -0.25) is 10.1 Å². The van der Waals surface area contributed by atoms with Gasteiger partial charge in [0.15, 0.2) is 0 Å². The molecule has 0 bridgehead atoms. The summed E-state index contributed by atoms with van der Waals surface area (Å²) in [6.07, 6.45) is 6.53. The monoisotopic (exact) mass is 249 g/mol. The molecule has 5 nitrogen and oxygen atoms in total. The molecule has 1 fully saturated rings. The van der Waals surface area contributed by atoms with Gasteiger partial charge in [-0.15, -0.1) is 0 Å². The summed E-state index contributed by atoms with van der Waals surface area (Å²) in [5, 5.41) is 13.9. The molecular formula is C13H19N3O2. The van der Waals surface area contributed by atoms with Crippen molar-refractivity contribution in [1.82, 2.24) is 4.98 Å². The lowest BCUT2D eigenvalue weighted by atomic mass is 9.83. The van der Waals surface area contributed by atoms with Crippen molar-refractivity contribution >= 4 is 11.5 Å². The first-order chi connectivity index (χ1) is 8.65. The van der Waals surface area contributed by atoms with Gasteiger partial charge in [-0.25, -0.2) is 4.98 Å². The molecule has 5 heteroatoms. The minimum absolute atomic E-state index is 0.0877. The highest BCUT2D eigenvalue weighted by Gasteiger charge is 2.18. The molecule has 0 unspecified atom stereocenters. The second kappa shape index (κ2) is 5.80. The van der Waals surface area contributed by atoms with Crippen LogP contribution in [0.25, 0.3) is 0 Å². The molecule has 1 N–H and O–H groups in total. The molecule has 1 aromatic heterocycles. The number of anilines is 1. The van der Waals surface area contributed by atoms with Crippen LogP contribution in [0.2, 0.25) is 0 Å². The molecule has 2 rings (SSSR count). The van der Waals surface area contributed by atoms with E-state index in [9.17, 15) is 10.1 Å². The van der Waals surface area contributed by atoms with E-state index < -0.39 is 4.92 Å². The molecule has 1 aliphatic carbocycles. The zero-order chi connectivity index (χ0) is 13.0. The summed E-state index contributed by atoms with van der Waals surface area (Å²) in [5.41, 5.74) is 0.0877. The van der Waals surface area contributed by atoms with E-state index in [0.29, 0.717) is 11.7 Å². The van der Waals surface area contributed by atoms with Crippen molar-refractivity contribution in [3.8, 4) is 0 Å². The van der Waals surface area contributed by atoms with E-state index in [1.54, 1.807) is 0 Å². The predicted octanol–water partition coefficient (Wildman–Crippen LogP) is 3.23. The number of nitro groups is 1. The molecule has 98 valence electrons. The van der Waals surface area contributed by atoms with Crippen molar-refractivity contribution in [1.29, 1.82) is 0 Å². The number of pyridine rings is 1. The highest BCUT2D eigenvalue weighted by Crippen LogP contribution is 2.28. The van der Waals surface area contributed by atoms with Gasteiger partial charge in [-0.05, 0) is 24.7 Å². The van der Waals surface area contributed by atoms with Crippen molar-refractivity contribution in [3.05, 3.63) is 28.4 Å². The zero-order valence-electron chi connectivity index (χ0n) is 10.6. The summed E-state index contributed by atoms with van der Waals surface area (Å²) in [6, 6.07) is 2.90. The fourth-order valence-electron chi connectivity index (χ4n) is 2.41. The molecule has 0 aliphatic heterocycles. The molecule has 1 heterocycles. The Morgan fingerprint density at radius 2 is 2.17 bits per heavy atom. The van der Waals surface area contributed by atoms with E-state index >= 15 is 0 Å². The van der Waals surface area contributed by atoms with E-state index in [4.69, 9.17) is 0 Å². The quantitative estimate of drug-likeness (QED) is 0.657. The van der Waals surface area contributed by atoms with Crippen molar-refractivity contribution in [2.75, 3.05) is 11.9 Å². The van der Waals surface area contributed by atoms with Gasteiger partial charge < -0.3 is 5.32 Å². The Bertz CT molecular complexity index is 414. The van der Waals surface area contributed by atoms with Gasteiger partial charge in [0, 0.05) is 18.8 Å². The fraction of sp³-hybridized carbons (Fsp3) is 0.615. The molecule has 1 aromatic rings. The zero-order valence-corrected chi connectivity index (χ0v) is 10.6. The van der Waals surface area contributed by atoms with Crippen molar-refractivity contribution < 1.29 is 4.92 Å². The Morgan fingerprint density at radius 3 is 2.83 bits per heavy atom.